The van der Waals surface area contributed by atoms with Gasteiger partial charge in [0.05, 0.1) is 18.7 Å². The summed E-state index contributed by atoms with van der Waals surface area (Å²) < 4.78 is 33.8. The molecule has 0 radical (unpaired) electrons. The number of aromatic nitrogens is 2. The Kier molecular flexibility index (Phi) is 4.65. The van der Waals surface area contributed by atoms with Crippen molar-refractivity contribution < 1.29 is 12.8 Å². The Morgan fingerprint density at radius 2 is 2.26 bits per heavy atom. The van der Waals surface area contributed by atoms with E-state index < -0.39 is 10.0 Å². The van der Waals surface area contributed by atoms with Crippen molar-refractivity contribution in [2.45, 2.75) is 17.9 Å². The maximum absolute atomic E-state index is 12.9. The average Bonchev–Trinajstić information content (AvgIpc) is 3.25. The molecule has 122 valence electrons. The fourth-order valence-corrected chi connectivity index (χ4v) is 4.35. The van der Waals surface area contributed by atoms with E-state index in [1.165, 1.54) is 21.4 Å². The molecule has 3 aromatic rings. The number of thiophene rings is 1. The van der Waals surface area contributed by atoms with Gasteiger partial charge in [-0.3, -0.25) is 4.68 Å². The number of furan rings is 1. The van der Waals surface area contributed by atoms with Gasteiger partial charge in [-0.2, -0.15) is 9.40 Å². The van der Waals surface area contributed by atoms with E-state index in [2.05, 4.69) is 5.10 Å². The van der Waals surface area contributed by atoms with Crippen LogP contribution in [0.2, 0.25) is 0 Å². The molecule has 0 aliphatic heterocycles. The summed E-state index contributed by atoms with van der Waals surface area (Å²) in [6.07, 6.45) is 6.68. The highest BCUT2D eigenvalue weighted by Gasteiger charge is 2.26. The fraction of sp³-hybridized carbons (Fsp3) is 0.267. The van der Waals surface area contributed by atoms with Crippen molar-refractivity contribution in [1.82, 2.24) is 14.1 Å². The van der Waals surface area contributed by atoms with Gasteiger partial charge in [-0.05, 0) is 23.9 Å². The summed E-state index contributed by atoms with van der Waals surface area (Å²) in [7, 11) is -1.90. The Bertz CT molecular complexity index is 837. The summed E-state index contributed by atoms with van der Waals surface area (Å²) in [5.41, 5.74) is 0.823. The molecule has 0 aliphatic rings. The zero-order valence-corrected chi connectivity index (χ0v) is 14.3. The van der Waals surface area contributed by atoms with Crippen molar-refractivity contribution in [2.75, 3.05) is 6.54 Å². The lowest BCUT2D eigenvalue weighted by atomic mass is 10.3. The third-order valence-electron chi connectivity index (χ3n) is 3.45. The van der Waals surface area contributed by atoms with Crippen LogP contribution < -0.4 is 0 Å². The molecule has 0 aromatic carbocycles. The van der Waals surface area contributed by atoms with Crippen LogP contribution in [0.1, 0.15) is 10.4 Å². The van der Waals surface area contributed by atoms with Gasteiger partial charge in [0.2, 0.25) is 10.0 Å². The number of hydrogen-bond donors (Lipinski definition) is 0. The highest BCUT2D eigenvalue weighted by Crippen LogP contribution is 2.19. The maximum atomic E-state index is 12.9. The van der Waals surface area contributed by atoms with Crippen LogP contribution in [0.5, 0.6) is 0 Å². The second-order valence-electron chi connectivity index (χ2n) is 5.15. The number of hydrogen-bond acceptors (Lipinski definition) is 5. The molecule has 6 nitrogen and oxygen atoms in total. The molecule has 0 saturated carbocycles. The molecule has 8 heteroatoms. The number of rotatable bonds is 7. The summed E-state index contributed by atoms with van der Waals surface area (Å²) >= 11 is 1.63. The Balaban J connectivity index is 1.84. The van der Waals surface area contributed by atoms with Gasteiger partial charge in [-0.25, -0.2) is 8.42 Å². The molecule has 0 saturated heterocycles. The lowest BCUT2D eigenvalue weighted by Crippen LogP contribution is -2.32. The molecular weight excluding hydrogens is 334 g/mol. The molecule has 0 bridgehead atoms. The van der Waals surface area contributed by atoms with E-state index in [1.54, 1.807) is 37.0 Å². The standard InChI is InChI=1S/C15H17N3O3S2/c1-17-11-15(9-16-17)23(19,20)18(10-13-5-7-21-12-13)6-4-14-3-2-8-22-14/h2-3,5,7-9,11-12H,4,6,10H2,1H3. The summed E-state index contributed by atoms with van der Waals surface area (Å²) in [6.45, 7) is 0.683. The van der Waals surface area contributed by atoms with Gasteiger partial charge in [-0.1, -0.05) is 6.07 Å². The van der Waals surface area contributed by atoms with Crippen LogP contribution in [0.4, 0.5) is 0 Å². The van der Waals surface area contributed by atoms with Crippen LogP contribution in [0.25, 0.3) is 0 Å². The highest BCUT2D eigenvalue weighted by molar-refractivity contribution is 7.89. The van der Waals surface area contributed by atoms with Gasteiger partial charge in [0.15, 0.2) is 0 Å². The molecule has 3 rings (SSSR count). The van der Waals surface area contributed by atoms with E-state index in [1.807, 2.05) is 17.5 Å². The van der Waals surface area contributed by atoms with Crippen molar-refractivity contribution >= 4 is 21.4 Å². The van der Waals surface area contributed by atoms with Crippen LogP contribution >= 0.6 is 11.3 Å². The normalized spacial score (nSPS) is 12.1. The molecule has 3 aromatic heterocycles. The molecule has 0 fully saturated rings. The van der Waals surface area contributed by atoms with Crippen LogP contribution in [0.15, 0.2) is 57.8 Å². The van der Waals surface area contributed by atoms with Gasteiger partial charge in [-0.15, -0.1) is 11.3 Å². The van der Waals surface area contributed by atoms with E-state index in [9.17, 15) is 8.42 Å². The Hall–Kier alpha value is -1.90. The zero-order chi connectivity index (χ0) is 16.3. The molecule has 0 N–H and O–H groups in total. The monoisotopic (exact) mass is 351 g/mol. The zero-order valence-electron chi connectivity index (χ0n) is 12.6. The van der Waals surface area contributed by atoms with Gasteiger partial charge in [0, 0.05) is 36.8 Å². The number of sulfonamides is 1. The predicted octanol–water partition coefficient (Wildman–Crippen LogP) is 2.51. The second kappa shape index (κ2) is 6.69. The van der Waals surface area contributed by atoms with Gasteiger partial charge >= 0.3 is 0 Å². The minimum absolute atomic E-state index is 0.203. The first-order chi connectivity index (χ1) is 11.1. The lowest BCUT2D eigenvalue weighted by Gasteiger charge is -2.20. The largest absolute Gasteiger partial charge is 0.472 e. The third kappa shape index (κ3) is 3.72. The SMILES string of the molecule is Cn1cc(S(=O)(=O)N(CCc2cccs2)Cc2ccoc2)cn1. The third-order valence-corrected chi connectivity index (χ3v) is 6.18. The predicted molar refractivity (Wildman–Crippen MR) is 87.5 cm³/mol. The molecule has 23 heavy (non-hydrogen) atoms. The highest BCUT2D eigenvalue weighted by atomic mass is 32.2. The minimum Gasteiger partial charge on any atom is -0.472 e. The van der Waals surface area contributed by atoms with Crippen molar-refractivity contribution in [3.8, 4) is 0 Å². The lowest BCUT2D eigenvalue weighted by molar-refractivity contribution is 0.408. The quantitative estimate of drug-likeness (QED) is 0.656. The summed E-state index contributed by atoms with van der Waals surface area (Å²) in [5, 5.41) is 5.96. The van der Waals surface area contributed by atoms with E-state index >= 15 is 0 Å². The first-order valence-electron chi connectivity index (χ1n) is 7.08. The summed E-state index contributed by atoms with van der Waals surface area (Å²) in [4.78, 5) is 1.36. The second-order valence-corrected chi connectivity index (χ2v) is 8.12. The first-order valence-corrected chi connectivity index (χ1v) is 9.40. The van der Waals surface area contributed by atoms with Crippen LogP contribution in [-0.2, 0) is 30.0 Å². The number of nitrogens with zero attached hydrogens (tertiary/aromatic N) is 3. The van der Waals surface area contributed by atoms with E-state index in [0.717, 1.165) is 10.4 Å². The van der Waals surface area contributed by atoms with Crippen molar-refractivity contribution in [2.24, 2.45) is 7.05 Å². The van der Waals surface area contributed by atoms with E-state index in [-0.39, 0.29) is 11.4 Å². The molecule has 0 unspecified atom stereocenters. The van der Waals surface area contributed by atoms with Gasteiger partial charge in [0.1, 0.15) is 4.90 Å². The first kappa shape index (κ1) is 16.0. The maximum Gasteiger partial charge on any atom is 0.246 e. The molecule has 0 amide bonds. The van der Waals surface area contributed by atoms with Gasteiger partial charge < -0.3 is 4.42 Å². The molecule has 0 spiro atoms. The Morgan fingerprint density at radius 3 is 2.87 bits per heavy atom. The fourth-order valence-electron chi connectivity index (χ4n) is 2.24. The van der Waals surface area contributed by atoms with Crippen molar-refractivity contribution in [1.29, 1.82) is 0 Å². The minimum atomic E-state index is -3.60. The van der Waals surface area contributed by atoms with Gasteiger partial charge in [0.25, 0.3) is 0 Å². The molecule has 0 atom stereocenters. The van der Waals surface area contributed by atoms with Crippen molar-refractivity contribution in [3.63, 3.8) is 0 Å². The van der Waals surface area contributed by atoms with Crippen LogP contribution in [0, 0.1) is 0 Å². The smallest absolute Gasteiger partial charge is 0.246 e. The Morgan fingerprint density at radius 1 is 1.39 bits per heavy atom. The molecule has 3 heterocycles. The van der Waals surface area contributed by atoms with E-state index in [0.29, 0.717) is 13.0 Å². The van der Waals surface area contributed by atoms with Crippen LogP contribution in [0.3, 0.4) is 0 Å². The summed E-state index contributed by atoms with van der Waals surface area (Å²) in [5.74, 6) is 0. The number of aryl methyl sites for hydroxylation is 1. The average molecular weight is 351 g/mol. The topological polar surface area (TPSA) is 68.3 Å². The molecular formula is C15H17N3O3S2. The Labute approximate surface area is 139 Å². The van der Waals surface area contributed by atoms with E-state index in [4.69, 9.17) is 4.42 Å². The van der Waals surface area contributed by atoms with Crippen molar-refractivity contribution in [3.05, 3.63) is 58.9 Å². The van der Waals surface area contributed by atoms with Crippen LogP contribution in [-0.4, -0.2) is 29.0 Å². The molecule has 0 aliphatic carbocycles. The summed E-state index contributed by atoms with van der Waals surface area (Å²) in [6, 6.07) is 5.75.